The minimum absolute atomic E-state index is 0.0958. The van der Waals surface area contributed by atoms with Crippen molar-refractivity contribution in [3.05, 3.63) is 211 Å². The molecular weight excluding hydrogens is 679 g/mol. The predicted molar refractivity (Wildman–Crippen MR) is 233 cm³/mol. The number of benzene rings is 8. The number of fused-ring (bicyclic) bond motifs is 5. The third kappa shape index (κ3) is 5.19. The molecule has 1 N–H and O–H groups in total. The average Bonchev–Trinajstić information content (AvgIpc) is 3.90. The lowest BCUT2D eigenvalue weighted by atomic mass is 9.90. The number of hydrogen-bond acceptors (Lipinski definition) is 3. The normalized spacial score (nSPS) is 20.0. The smallest absolute Gasteiger partial charge is 0.129 e. The number of pyridine rings is 1. The van der Waals surface area contributed by atoms with Gasteiger partial charge in [-0.25, -0.2) is 4.98 Å². The highest BCUT2D eigenvalue weighted by atomic mass is 15.2. The van der Waals surface area contributed by atoms with Gasteiger partial charge in [0, 0.05) is 27.8 Å². The lowest BCUT2D eigenvalue weighted by Crippen LogP contribution is -2.42. The minimum Gasteiger partial charge on any atom is -0.360 e. The van der Waals surface area contributed by atoms with Crippen LogP contribution in [0.5, 0.6) is 0 Å². The van der Waals surface area contributed by atoms with Gasteiger partial charge in [0.25, 0.3) is 0 Å². The fourth-order valence-electron chi connectivity index (χ4n) is 9.54. The second-order valence-corrected chi connectivity index (χ2v) is 15.4. The van der Waals surface area contributed by atoms with Crippen molar-refractivity contribution < 1.29 is 0 Å². The van der Waals surface area contributed by atoms with E-state index in [4.69, 9.17) is 9.98 Å². The molecule has 1 fully saturated rings. The molecule has 3 heteroatoms. The van der Waals surface area contributed by atoms with E-state index in [1.54, 1.807) is 0 Å². The molecule has 2 heterocycles. The predicted octanol–water partition coefficient (Wildman–Crippen LogP) is 12.8. The van der Waals surface area contributed by atoms with Gasteiger partial charge in [0.15, 0.2) is 0 Å². The van der Waals surface area contributed by atoms with Crippen molar-refractivity contribution in [1.29, 1.82) is 0 Å². The van der Waals surface area contributed by atoms with Gasteiger partial charge in [-0.3, -0.25) is 4.99 Å². The molecule has 9 aromatic rings. The third-order valence-electron chi connectivity index (χ3n) is 12.5. The van der Waals surface area contributed by atoms with Gasteiger partial charge in [-0.05, 0) is 67.6 Å². The van der Waals surface area contributed by atoms with E-state index in [-0.39, 0.29) is 11.6 Å². The number of hydrogen-bond donors (Lipinski definition) is 1. The zero-order chi connectivity index (χ0) is 37.2. The number of rotatable bonds is 6. The van der Waals surface area contributed by atoms with Crippen LogP contribution in [0.2, 0.25) is 0 Å². The standard InChI is InChI=1S/C53H39N3/c1-34-49-51(38-13-4-2-5-14-38)55-52(40-15-6-3-7-16-40)56-53(34,49)42-31-29-35(30-32-42)41-28-25-36-17-12-21-43(47(36)33-41)37-23-26-39(27-24-37)50-46-20-9-8-18-44(46)45-19-10-11-22-48(45)54-50/h2-34,49,51H,1H3,(H,55,56). The Hall–Kier alpha value is -6.84. The summed E-state index contributed by atoms with van der Waals surface area (Å²) in [5, 5.41) is 10.0. The Morgan fingerprint density at radius 2 is 1.12 bits per heavy atom. The summed E-state index contributed by atoms with van der Waals surface area (Å²) in [5.74, 6) is 1.77. The zero-order valence-corrected chi connectivity index (χ0v) is 31.1. The molecule has 3 nitrogen and oxygen atoms in total. The van der Waals surface area contributed by atoms with Crippen LogP contribution in [0.15, 0.2) is 199 Å². The van der Waals surface area contributed by atoms with Crippen molar-refractivity contribution in [2.75, 3.05) is 0 Å². The van der Waals surface area contributed by atoms with Crippen LogP contribution >= 0.6 is 0 Å². The van der Waals surface area contributed by atoms with Crippen LogP contribution in [0.3, 0.4) is 0 Å². The molecule has 8 aromatic carbocycles. The Kier molecular flexibility index (Phi) is 7.50. The summed E-state index contributed by atoms with van der Waals surface area (Å²) >= 11 is 0. The van der Waals surface area contributed by atoms with Gasteiger partial charge in [-0.1, -0.05) is 189 Å². The van der Waals surface area contributed by atoms with E-state index >= 15 is 0 Å². The van der Waals surface area contributed by atoms with Gasteiger partial charge < -0.3 is 5.32 Å². The number of nitrogens with one attached hydrogen (secondary N) is 1. The summed E-state index contributed by atoms with van der Waals surface area (Å²) < 4.78 is 0. The van der Waals surface area contributed by atoms with E-state index in [1.165, 1.54) is 60.3 Å². The Morgan fingerprint density at radius 3 is 1.91 bits per heavy atom. The average molecular weight is 718 g/mol. The number of amidine groups is 1. The maximum absolute atomic E-state index is 5.34. The summed E-state index contributed by atoms with van der Waals surface area (Å²) in [7, 11) is 0. The van der Waals surface area contributed by atoms with E-state index in [0.717, 1.165) is 28.2 Å². The quantitative estimate of drug-likeness (QED) is 0.174. The van der Waals surface area contributed by atoms with E-state index in [0.29, 0.717) is 11.8 Å². The zero-order valence-electron chi connectivity index (χ0n) is 31.1. The highest BCUT2D eigenvalue weighted by molar-refractivity contribution is 6.11. The summed E-state index contributed by atoms with van der Waals surface area (Å²) in [6.07, 6.45) is 0. The van der Waals surface area contributed by atoms with E-state index in [2.05, 4.69) is 206 Å². The number of para-hydroxylation sites is 1. The monoisotopic (exact) mass is 717 g/mol. The van der Waals surface area contributed by atoms with Gasteiger partial charge in [0.05, 0.1) is 22.8 Å². The first kappa shape index (κ1) is 32.6. The largest absolute Gasteiger partial charge is 0.360 e. The first-order valence-corrected chi connectivity index (χ1v) is 19.6. The van der Waals surface area contributed by atoms with Gasteiger partial charge >= 0.3 is 0 Å². The van der Waals surface area contributed by atoms with Crippen molar-refractivity contribution in [1.82, 2.24) is 10.3 Å². The molecule has 1 aliphatic carbocycles. The second kappa shape index (κ2) is 12.9. The molecule has 1 aliphatic heterocycles. The Bertz CT molecular complexity index is 2950. The van der Waals surface area contributed by atoms with E-state index < -0.39 is 0 Å². The highest BCUT2D eigenvalue weighted by Crippen LogP contribution is 2.65. The van der Waals surface area contributed by atoms with Gasteiger partial charge in [0.2, 0.25) is 0 Å². The Balaban J connectivity index is 0.928. The Morgan fingerprint density at radius 1 is 0.482 bits per heavy atom. The molecule has 266 valence electrons. The van der Waals surface area contributed by atoms with Crippen LogP contribution in [-0.4, -0.2) is 10.8 Å². The molecule has 2 aliphatic rings. The SMILES string of the molecule is CC1C2C(c3ccccc3)N=C(c3ccccc3)NC12c1ccc(-c2ccc3cccc(-c4ccc(-c5nc6ccccc6c6ccccc56)cc4)c3c2)cc1. The molecule has 4 unspecified atom stereocenters. The minimum atomic E-state index is -0.177. The molecule has 0 saturated heterocycles. The lowest BCUT2D eigenvalue weighted by Gasteiger charge is -2.31. The maximum Gasteiger partial charge on any atom is 0.129 e. The van der Waals surface area contributed by atoms with Gasteiger partial charge in [-0.2, -0.15) is 0 Å². The molecule has 4 atom stereocenters. The van der Waals surface area contributed by atoms with Gasteiger partial charge in [0.1, 0.15) is 5.84 Å². The number of aromatic nitrogens is 1. The summed E-state index contributed by atoms with van der Waals surface area (Å²) in [6, 6.07) is 70.2. The third-order valence-corrected chi connectivity index (χ3v) is 12.5. The first-order valence-electron chi connectivity index (χ1n) is 19.6. The van der Waals surface area contributed by atoms with Crippen molar-refractivity contribution >= 4 is 38.3 Å². The topological polar surface area (TPSA) is 37.3 Å². The molecule has 0 amide bonds. The molecule has 1 aromatic heterocycles. The van der Waals surface area contributed by atoms with Crippen LogP contribution < -0.4 is 5.32 Å². The van der Waals surface area contributed by atoms with Crippen LogP contribution in [0, 0.1) is 11.8 Å². The van der Waals surface area contributed by atoms with Crippen LogP contribution in [-0.2, 0) is 5.54 Å². The molecule has 0 bridgehead atoms. The Labute approximate surface area is 327 Å². The van der Waals surface area contributed by atoms with Crippen LogP contribution in [0.1, 0.15) is 29.7 Å². The fourth-order valence-corrected chi connectivity index (χ4v) is 9.54. The molecule has 1 saturated carbocycles. The van der Waals surface area contributed by atoms with Gasteiger partial charge in [-0.15, -0.1) is 0 Å². The summed E-state index contributed by atoms with van der Waals surface area (Å²) in [4.78, 5) is 10.5. The van der Waals surface area contributed by atoms with Crippen LogP contribution in [0.4, 0.5) is 0 Å². The van der Waals surface area contributed by atoms with Crippen molar-refractivity contribution in [2.45, 2.75) is 18.5 Å². The van der Waals surface area contributed by atoms with Crippen molar-refractivity contribution in [3.63, 3.8) is 0 Å². The lowest BCUT2D eigenvalue weighted by molar-refractivity contribution is 0.472. The van der Waals surface area contributed by atoms with E-state index in [1.807, 2.05) is 0 Å². The molecule has 11 rings (SSSR count). The summed E-state index contributed by atoms with van der Waals surface area (Å²) in [5.41, 5.74) is 11.5. The fraction of sp³-hybridized carbons (Fsp3) is 0.0943. The maximum atomic E-state index is 5.34. The van der Waals surface area contributed by atoms with Crippen molar-refractivity contribution in [3.8, 4) is 33.5 Å². The highest BCUT2D eigenvalue weighted by Gasteiger charge is 2.68. The van der Waals surface area contributed by atoms with Crippen molar-refractivity contribution in [2.24, 2.45) is 16.8 Å². The number of nitrogens with zero attached hydrogens (tertiary/aromatic N) is 2. The summed E-state index contributed by atoms with van der Waals surface area (Å²) in [6.45, 7) is 2.38. The second-order valence-electron chi connectivity index (χ2n) is 15.4. The molecule has 0 radical (unpaired) electrons. The molecule has 56 heavy (non-hydrogen) atoms. The first-order chi connectivity index (χ1) is 27.7. The van der Waals surface area contributed by atoms with Crippen LogP contribution in [0.25, 0.3) is 66.0 Å². The molecule has 0 spiro atoms. The molecular formula is C53H39N3. The number of aliphatic imine (C=N–C) groups is 1. The van der Waals surface area contributed by atoms with E-state index in [9.17, 15) is 0 Å².